The molecular formula is C25H21N3O5. The first kappa shape index (κ1) is 20.6. The number of carbonyl (C=O) groups is 3. The molecule has 1 saturated heterocycles. The number of nitrogens with zero attached hydrogens (tertiary/aromatic N) is 2. The van der Waals surface area contributed by atoms with Crippen molar-refractivity contribution in [3.8, 4) is 17.2 Å². The number of aromatic nitrogens is 1. The summed E-state index contributed by atoms with van der Waals surface area (Å²) in [4.78, 5) is 39.2. The summed E-state index contributed by atoms with van der Waals surface area (Å²) in [6, 6.07) is 16.2. The highest BCUT2D eigenvalue weighted by Gasteiger charge is 2.36. The first-order chi connectivity index (χ1) is 15.9. The van der Waals surface area contributed by atoms with E-state index in [9.17, 15) is 14.4 Å². The lowest BCUT2D eigenvalue weighted by molar-refractivity contribution is -0.130. The summed E-state index contributed by atoms with van der Waals surface area (Å²) < 4.78 is 12.7. The highest BCUT2D eigenvalue weighted by molar-refractivity contribution is 6.31. The minimum atomic E-state index is -0.755. The van der Waals surface area contributed by atoms with Crippen molar-refractivity contribution in [2.75, 3.05) is 6.79 Å². The number of imide groups is 2. The Balaban J connectivity index is 1.46. The van der Waals surface area contributed by atoms with E-state index in [0.717, 1.165) is 27.5 Å². The van der Waals surface area contributed by atoms with E-state index in [0.29, 0.717) is 17.1 Å². The molecular weight excluding hydrogens is 422 g/mol. The molecule has 8 nitrogen and oxygen atoms in total. The smallest absolute Gasteiger partial charge is 0.331 e. The predicted octanol–water partition coefficient (Wildman–Crippen LogP) is 3.48. The number of amides is 4. The SMILES string of the molecule is Cc1cc(C=C2C(=O)NC(=O)N(Cc3ccc4c(c3)OCO4)C2=O)c(C)n1-c1ccccc1. The monoisotopic (exact) mass is 443 g/mol. The van der Waals surface area contributed by atoms with Crippen LogP contribution in [0.5, 0.6) is 11.5 Å². The molecule has 33 heavy (non-hydrogen) atoms. The number of rotatable bonds is 4. The summed E-state index contributed by atoms with van der Waals surface area (Å²) in [6.45, 7) is 4.01. The summed E-state index contributed by atoms with van der Waals surface area (Å²) in [5, 5.41) is 2.27. The largest absolute Gasteiger partial charge is 0.454 e. The molecule has 4 amide bonds. The second-order valence-corrected chi connectivity index (χ2v) is 7.89. The minimum absolute atomic E-state index is 0.00500. The topological polar surface area (TPSA) is 89.9 Å². The van der Waals surface area contributed by atoms with Crippen molar-refractivity contribution in [3.05, 3.63) is 82.7 Å². The standard InChI is InChI=1S/C25H21N3O5/c1-15-10-18(16(2)28(15)19-6-4-3-5-7-19)12-20-23(29)26-25(31)27(24(20)30)13-17-8-9-21-22(11-17)33-14-32-21/h3-12H,13-14H2,1-2H3,(H,26,29,31). The van der Waals surface area contributed by atoms with Crippen molar-refractivity contribution in [2.24, 2.45) is 0 Å². The zero-order chi connectivity index (χ0) is 23.1. The lowest BCUT2D eigenvalue weighted by Crippen LogP contribution is -2.53. The van der Waals surface area contributed by atoms with Gasteiger partial charge in [-0.2, -0.15) is 0 Å². The molecule has 0 unspecified atom stereocenters. The molecule has 1 fully saturated rings. The number of hydrogen-bond donors (Lipinski definition) is 1. The molecule has 2 aliphatic heterocycles. The zero-order valence-corrected chi connectivity index (χ0v) is 18.1. The Kier molecular flexibility index (Phi) is 4.97. The fraction of sp³-hybridized carbons (Fsp3) is 0.160. The van der Waals surface area contributed by atoms with Gasteiger partial charge in [0.2, 0.25) is 6.79 Å². The highest BCUT2D eigenvalue weighted by atomic mass is 16.7. The van der Waals surface area contributed by atoms with Gasteiger partial charge in [-0.05, 0) is 61.4 Å². The van der Waals surface area contributed by atoms with Crippen LogP contribution in [0.2, 0.25) is 0 Å². The van der Waals surface area contributed by atoms with Crippen molar-refractivity contribution in [1.29, 1.82) is 0 Å². The van der Waals surface area contributed by atoms with E-state index in [4.69, 9.17) is 9.47 Å². The van der Waals surface area contributed by atoms with E-state index in [1.54, 1.807) is 24.3 Å². The lowest BCUT2D eigenvalue weighted by atomic mass is 10.1. The van der Waals surface area contributed by atoms with Crippen LogP contribution < -0.4 is 14.8 Å². The molecule has 0 atom stereocenters. The molecule has 5 rings (SSSR count). The van der Waals surface area contributed by atoms with E-state index in [2.05, 4.69) is 5.32 Å². The fourth-order valence-corrected chi connectivity index (χ4v) is 4.12. The van der Waals surface area contributed by atoms with Gasteiger partial charge in [-0.3, -0.25) is 19.8 Å². The lowest BCUT2D eigenvalue weighted by Gasteiger charge is -2.26. The Hall–Kier alpha value is -4.33. The molecule has 3 aromatic rings. The van der Waals surface area contributed by atoms with Crippen LogP contribution in [0.15, 0.2) is 60.2 Å². The first-order valence-electron chi connectivity index (χ1n) is 10.4. The molecule has 0 saturated carbocycles. The molecule has 8 heteroatoms. The number of para-hydroxylation sites is 1. The molecule has 2 aliphatic rings. The average molecular weight is 443 g/mol. The number of nitrogens with one attached hydrogen (secondary N) is 1. The molecule has 166 valence electrons. The van der Waals surface area contributed by atoms with Crippen LogP contribution in [-0.4, -0.2) is 34.1 Å². The van der Waals surface area contributed by atoms with Crippen molar-refractivity contribution in [1.82, 2.24) is 14.8 Å². The molecule has 2 aromatic carbocycles. The Morgan fingerprint density at radius 1 is 0.970 bits per heavy atom. The first-order valence-corrected chi connectivity index (χ1v) is 10.4. The Bertz CT molecular complexity index is 1320. The highest BCUT2D eigenvalue weighted by Crippen LogP contribution is 2.33. The van der Waals surface area contributed by atoms with Gasteiger partial charge in [-0.15, -0.1) is 0 Å². The quantitative estimate of drug-likeness (QED) is 0.493. The maximum atomic E-state index is 13.2. The molecule has 1 N–H and O–H groups in total. The van der Waals surface area contributed by atoms with Crippen LogP contribution in [0.4, 0.5) is 4.79 Å². The third-order valence-corrected chi connectivity index (χ3v) is 5.75. The molecule has 0 radical (unpaired) electrons. The van der Waals surface area contributed by atoms with Crippen molar-refractivity contribution in [3.63, 3.8) is 0 Å². The number of benzene rings is 2. The molecule has 0 bridgehead atoms. The molecule has 0 aliphatic carbocycles. The van der Waals surface area contributed by atoms with Crippen LogP contribution in [0.3, 0.4) is 0 Å². The number of carbonyl (C=O) groups excluding carboxylic acids is 3. The van der Waals surface area contributed by atoms with Crippen LogP contribution in [0.25, 0.3) is 11.8 Å². The van der Waals surface area contributed by atoms with E-state index in [1.807, 2.05) is 54.8 Å². The van der Waals surface area contributed by atoms with Crippen molar-refractivity contribution in [2.45, 2.75) is 20.4 Å². The van der Waals surface area contributed by atoms with Gasteiger partial charge in [0.25, 0.3) is 11.8 Å². The third-order valence-electron chi connectivity index (χ3n) is 5.75. The third kappa shape index (κ3) is 3.65. The maximum Gasteiger partial charge on any atom is 0.331 e. The van der Waals surface area contributed by atoms with E-state index >= 15 is 0 Å². The number of ether oxygens (including phenoxy) is 2. The molecule has 3 heterocycles. The van der Waals surface area contributed by atoms with Crippen molar-refractivity contribution < 1.29 is 23.9 Å². The number of urea groups is 1. The van der Waals surface area contributed by atoms with Gasteiger partial charge in [0.05, 0.1) is 6.54 Å². The summed E-state index contributed by atoms with van der Waals surface area (Å²) >= 11 is 0. The molecule has 0 spiro atoms. The second-order valence-electron chi connectivity index (χ2n) is 7.89. The summed E-state index contributed by atoms with van der Waals surface area (Å²) in [6.07, 6.45) is 1.54. The number of fused-ring (bicyclic) bond motifs is 1. The van der Waals surface area contributed by atoms with Gasteiger partial charge in [-0.25, -0.2) is 4.79 Å². The normalized spacial score (nSPS) is 16.5. The van der Waals surface area contributed by atoms with Gasteiger partial charge < -0.3 is 14.0 Å². The van der Waals surface area contributed by atoms with Gasteiger partial charge in [0.1, 0.15) is 5.57 Å². The Morgan fingerprint density at radius 2 is 1.73 bits per heavy atom. The predicted molar refractivity (Wildman–Crippen MR) is 120 cm³/mol. The number of hydrogen-bond acceptors (Lipinski definition) is 5. The van der Waals surface area contributed by atoms with Crippen LogP contribution in [0.1, 0.15) is 22.5 Å². The van der Waals surface area contributed by atoms with E-state index in [-0.39, 0.29) is 18.9 Å². The Labute approximate surface area is 190 Å². The van der Waals surface area contributed by atoms with Crippen LogP contribution in [-0.2, 0) is 16.1 Å². The van der Waals surface area contributed by atoms with Gasteiger partial charge >= 0.3 is 6.03 Å². The van der Waals surface area contributed by atoms with E-state index < -0.39 is 17.8 Å². The number of barbiturate groups is 1. The van der Waals surface area contributed by atoms with Crippen molar-refractivity contribution >= 4 is 23.9 Å². The minimum Gasteiger partial charge on any atom is -0.454 e. The fourth-order valence-electron chi connectivity index (χ4n) is 4.12. The zero-order valence-electron chi connectivity index (χ0n) is 18.1. The summed E-state index contributed by atoms with van der Waals surface area (Å²) in [5.41, 5.74) is 4.14. The summed E-state index contributed by atoms with van der Waals surface area (Å²) in [5.74, 6) is -0.197. The van der Waals surface area contributed by atoms with Crippen LogP contribution in [0, 0.1) is 13.8 Å². The van der Waals surface area contributed by atoms with Gasteiger partial charge in [0.15, 0.2) is 11.5 Å². The molecule has 1 aromatic heterocycles. The van der Waals surface area contributed by atoms with Gasteiger partial charge in [-0.1, -0.05) is 24.3 Å². The summed E-state index contributed by atoms with van der Waals surface area (Å²) in [7, 11) is 0. The number of aryl methyl sites for hydroxylation is 1. The van der Waals surface area contributed by atoms with Crippen LogP contribution >= 0.6 is 0 Å². The average Bonchev–Trinajstić information content (AvgIpc) is 3.38. The van der Waals surface area contributed by atoms with Gasteiger partial charge in [0, 0.05) is 17.1 Å². The maximum absolute atomic E-state index is 13.2. The second kappa shape index (κ2) is 7.98. The Morgan fingerprint density at radius 3 is 2.52 bits per heavy atom. The van der Waals surface area contributed by atoms with E-state index in [1.165, 1.54) is 0 Å².